The van der Waals surface area contributed by atoms with Crippen LogP contribution in [-0.2, 0) is 4.79 Å². The van der Waals surface area contributed by atoms with Crippen LogP contribution in [0.1, 0.15) is 32.6 Å². The van der Waals surface area contributed by atoms with Crippen molar-refractivity contribution in [2.75, 3.05) is 25.6 Å². The van der Waals surface area contributed by atoms with Crippen molar-refractivity contribution in [3.05, 3.63) is 60.7 Å². The molecule has 1 aliphatic rings. The molecule has 0 fully saturated rings. The number of anilines is 2. The average molecular weight is 462 g/mol. The van der Waals surface area contributed by atoms with Gasteiger partial charge in [-0.05, 0) is 42.8 Å². The third-order valence-corrected chi connectivity index (χ3v) is 5.60. The number of aromatic nitrogens is 1. The highest BCUT2D eigenvalue weighted by Crippen LogP contribution is 2.41. The van der Waals surface area contributed by atoms with Crippen molar-refractivity contribution in [1.82, 2.24) is 10.3 Å². The number of methoxy groups -OCH3 is 1. The Morgan fingerprint density at radius 1 is 1.09 bits per heavy atom. The Labute approximate surface area is 200 Å². The van der Waals surface area contributed by atoms with Crippen LogP contribution in [0.3, 0.4) is 0 Å². The Hall–Kier alpha value is -3.74. The van der Waals surface area contributed by atoms with Gasteiger partial charge in [0.05, 0.1) is 19.3 Å². The molecule has 3 aromatic rings. The molecule has 0 radical (unpaired) electrons. The number of nitrogens with zero attached hydrogens (tertiary/aromatic N) is 1. The van der Waals surface area contributed by atoms with Crippen molar-refractivity contribution < 1.29 is 19.0 Å². The van der Waals surface area contributed by atoms with E-state index in [1.165, 1.54) is 0 Å². The van der Waals surface area contributed by atoms with E-state index in [4.69, 9.17) is 19.2 Å². The Kier molecular flexibility index (Phi) is 7.86. The van der Waals surface area contributed by atoms with Gasteiger partial charge in [-0.15, -0.1) is 0 Å². The summed E-state index contributed by atoms with van der Waals surface area (Å²) in [5, 5.41) is 6.30. The topological polar surface area (TPSA) is 81.7 Å². The number of nitrogens with one attached hydrogen (secondary N) is 2. The van der Waals surface area contributed by atoms with Crippen LogP contribution in [0.2, 0.25) is 0 Å². The van der Waals surface area contributed by atoms with Gasteiger partial charge in [-0.3, -0.25) is 4.79 Å². The molecule has 2 N–H and O–H groups in total. The lowest BCUT2D eigenvalue weighted by molar-refractivity contribution is -0.121. The number of rotatable bonds is 10. The van der Waals surface area contributed by atoms with Crippen molar-refractivity contribution in [1.29, 1.82) is 0 Å². The normalized spacial score (nSPS) is 14.4. The minimum Gasteiger partial charge on any atom is -0.486 e. The fourth-order valence-corrected chi connectivity index (χ4v) is 3.81. The highest BCUT2D eigenvalue weighted by molar-refractivity contribution is 5.76. The molecule has 0 spiro atoms. The molecule has 2 heterocycles. The number of carbonyl (C=O) groups excluding carboxylic acids is 1. The molecule has 0 aliphatic carbocycles. The van der Waals surface area contributed by atoms with Gasteiger partial charge in [-0.2, -0.15) is 0 Å². The summed E-state index contributed by atoms with van der Waals surface area (Å²) in [6.07, 6.45) is 3.32. The predicted molar refractivity (Wildman–Crippen MR) is 133 cm³/mol. The van der Waals surface area contributed by atoms with E-state index in [1.54, 1.807) is 7.11 Å². The van der Waals surface area contributed by atoms with Gasteiger partial charge in [0, 0.05) is 17.7 Å². The van der Waals surface area contributed by atoms with E-state index in [2.05, 4.69) is 17.6 Å². The number of unbranched alkanes of at least 4 members (excludes halogenated alkanes) is 2. The number of amides is 1. The van der Waals surface area contributed by atoms with Gasteiger partial charge in [0.2, 0.25) is 11.8 Å². The number of hydrogen-bond acceptors (Lipinski definition) is 6. The lowest BCUT2D eigenvalue weighted by atomic mass is 10.1. The summed E-state index contributed by atoms with van der Waals surface area (Å²) < 4.78 is 17.8. The summed E-state index contributed by atoms with van der Waals surface area (Å²) in [6, 6.07) is 19.5. The van der Waals surface area contributed by atoms with Crippen molar-refractivity contribution >= 4 is 17.3 Å². The highest BCUT2D eigenvalue weighted by atomic mass is 16.6. The first kappa shape index (κ1) is 23.4. The van der Waals surface area contributed by atoms with Crippen molar-refractivity contribution in [2.24, 2.45) is 0 Å². The molecule has 1 atom stereocenters. The summed E-state index contributed by atoms with van der Waals surface area (Å²) >= 11 is 0. The molecule has 0 saturated heterocycles. The van der Waals surface area contributed by atoms with Crippen LogP contribution in [0, 0.1) is 0 Å². The van der Waals surface area contributed by atoms with E-state index in [0.29, 0.717) is 42.6 Å². The first-order chi connectivity index (χ1) is 16.7. The van der Waals surface area contributed by atoms with E-state index in [-0.39, 0.29) is 12.0 Å². The quantitative estimate of drug-likeness (QED) is 0.397. The molecular weight excluding hydrogens is 430 g/mol. The monoisotopic (exact) mass is 461 g/mol. The lowest BCUT2D eigenvalue weighted by Gasteiger charge is -2.28. The molecule has 1 amide bonds. The van der Waals surface area contributed by atoms with Crippen molar-refractivity contribution in [3.63, 3.8) is 0 Å². The number of ether oxygens (including phenoxy) is 3. The summed E-state index contributed by atoms with van der Waals surface area (Å²) in [7, 11) is 1.60. The van der Waals surface area contributed by atoms with Gasteiger partial charge in [0.15, 0.2) is 11.5 Å². The zero-order valence-electron chi connectivity index (χ0n) is 19.7. The Balaban J connectivity index is 1.49. The molecule has 34 heavy (non-hydrogen) atoms. The fourth-order valence-electron chi connectivity index (χ4n) is 3.81. The van der Waals surface area contributed by atoms with Crippen LogP contribution in [-0.4, -0.2) is 37.3 Å². The average Bonchev–Trinajstić information content (AvgIpc) is 2.88. The smallest absolute Gasteiger partial charge is 0.238 e. The van der Waals surface area contributed by atoms with Gasteiger partial charge in [-0.25, -0.2) is 4.98 Å². The second-order valence-electron chi connectivity index (χ2n) is 8.19. The first-order valence-electron chi connectivity index (χ1n) is 11.7. The van der Waals surface area contributed by atoms with E-state index in [9.17, 15) is 4.79 Å². The summed E-state index contributed by atoms with van der Waals surface area (Å²) in [5.41, 5.74) is 3.23. The van der Waals surface area contributed by atoms with Gasteiger partial charge < -0.3 is 24.8 Å². The van der Waals surface area contributed by atoms with Crippen LogP contribution in [0.4, 0.5) is 11.4 Å². The molecule has 1 unspecified atom stereocenters. The Bertz CT molecular complexity index is 1100. The third-order valence-electron chi connectivity index (χ3n) is 5.60. The maximum atomic E-state index is 12.1. The minimum atomic E-state index is -0.273. The van der Waals surface area contributed by atoms with E-state index >= 15 is 0 Å². The zero-order valence-corrected chi connectivity index (χ0v) is 19.7. The molecule has 178 valence electrons. The zero-order chi connectivity index (χ0) is 23.8. The first-order valence-corrected chi connectivity index (χ1v) is 11.7. The van der Waals surface area contributed by atoms with Gasteiger partial charge in [0.1, 0.15) is 18.4 Å². The van der Waals surface area contributed by atoms with E-state index in [0.717, 1.165) is 36.2 Å². The molecule has 1 aromatic heterocycles. The minimum absolute atomic E-state index is 0.0454. The number of pyridine rings is 1. The van der Waals surface area contributed by atoms with Crippen LogP contribution in [0.15, 0.2) is 60.7 Å². The summed E-state index contributed by atoms with van der Waals surface area (Å²) in [4.78, 5) is 16.8. The largest absolute Gasteiger partial charge is 0.486 e. The molecule has 1 aliphatic heterocycles. The van der Waals surface area contributed by atoms with Gasteiger partial charge >= 0.3 is 0 Å². The van der Waals surface area contributed by atoms with Gasteiger partial charge in [0.25, 0.3) is 0 Å². The second-order valence-corrected chi connectivity index (χ2v) is 8.19. The molecule has 7 heteroatoms. The summed E-state index contributed by atoms with van der Waals surface area (Å²) in [5.74, 6) is 1.81. The highest BCUT2D eigenvalue weighted by Gasteiger charge is 2.25. The molecule has 0 saturated carbocycles. The summed E-state index contributed by atoms with van der Waals surface area (Å²) in [6.45, 7) is 2.90. The standard InChI is InChI=1S/C27H31N3O4/c1-3-4-6-14-25(31)28-17-20-18-33-24-13-9-12-21(26(24)34-20)22-15-16-23(27(30-22)32-2)29-19-10-7-5-8-11-19/h5,7-13,15-16,20,29H,3-4,6,14,17-18H2,1-2H3,(H,28,31). The maximum Gasteiger partial charge on any atom is 0.238 e. The molecule has 0 bridgehead atoms. The SMILES string of the molecule is CCCCCC(=O)NCC1COc2cccc(-c3ccc(Nc4ccccc4)c(OC)n3)c2O1. The second kappa shape index (κ2) is 11.4. The number of fused-ring (bicyclic) bond motifs is 1. The van der Waals surface area contributed by atoms with Gasteiger partial charge in [-0.1, -0.05) is 44.0 Å². The Morgan fingerprint density at radius 3 is 2.74 bits per heavy atom. The van der Waals surface area contributed by atoms with Crippen molar-refractivity contribution in [2.45, 2.75) is 38.7 Å². The third kappa shape index (κ3) is 5.78. The molecule has 2 aromatic carbocycles. The van der Waals surface area contributed by atoms with E-state index in [1.807, 2.05) is 60.7 Å². The molecular formula is C27H31N3O4. The molecule has 7 nitrogen and oxygen atoms in total. The number of carbonyl (C=O) groups is 1. The lowest BCUT2D eigenvalue weighted by Crippen LogP contribution is -2.40. The number of para-hydroxylation sites is 2. The predicted octanol–water partition coefficient (Wildman–Crippen LogP) is 5.34. The van der Waals surface area contributed by atoms with E-state index < -0.39 is 0 Å². The van der Waals surface area contributed by atoms with Crippen LogP contribution in [0.5, 0.6) is 17.4 Å². The Morgan fingerprint density at radius 2 is 1.94 bits per heavy atom. The number of benzene rings is 2. The van der Waals surface area contributed by atoms with Crippen molar-refractivity contribution in [3.8, 4) is 28.6 Å². The maximum absolute atomic E-state index is 12.1. The fraction of sp³-hybridized carbons (Fsp3) is 0.333. The van der Waals surface area contributed by atoms with Crippen LogP contribution < -0.4 is 24.8 Å². The van der Waals surface area contributed by atoms with Crippen LogP contribution in [0.25, 0.3) is 11.3 Å². The number of hydrogen-bond donors (Lipinski definition) is 2. The molecule has 4 rings (SSSR count). The van der Waals surface area contributed by atoms with Crippen LogP contribution >= 0.6 is 0 Å².